The second-order valence-corrected chi connectivity index (χ2v) is 7.58. The van der Waals surface area contributed by atoms with E-state index in [1.165, 1.54) is 37.2 Å². The van der Waals surface area contributed by atoms with Crippen LogP contribution in [0.5, 0.6) is 0 Å². The van der Waals surface area contributed by atoms with Gasteiger partial charge in [0.25, 0.3) is 11.8 Å². The number of nitrogens with one attached hydrogen (secondary N) is 2. The number of nitrogens with zero attached hydrogens (tertiary/aromatic N) is 2. The van der Waals surface area contributed by atoms with Gasteiger partial charge < -0.3 is 15.5 Å². The quantitative estimate of drug-likeness (QED) is 0.801. The zero-order valence-corrected chi connectivity index (χ0v) is 16.6. The van der Waals surface area contributed by atoms with Crippen molar-refractivity contribution in [1.82, 2.24) is 10.3 Å². The number of hydrogen-bond acceptors (Lipinski definition) is 4. The molecule has 0 spiro atoms. The van der Waals surface area contributed by atoms with Gasteiger partial charge in [-0.1, -0.05) is 13.8 Å². The highest BCUT2D eigenvalue weighted by molar-refractivity contribution is 6.04. The Bertz CT molecular complexity index is 812. The number of carbonyl (C=O) groups is 2. The van der Waals surface area contributed by atoms with Crippen LogP contribution in [0.25, 0.3) is 0 Å². The van der Waals surface area contributed by atoms with Crippen molar-refractivity contribution in [2.75, 3.05) is 29.9 Å². The van der Waals surface area contributed by atoms with E-state index in [4.69, 9.17) is 0 Å². The summed E-state index contributed by atoms with van der Waals surface area (Å²) in [7, 11) is 0. The summed E-state index contributed by atoms with van der Waals surface area (Å²) in [6, 6.07) is 11.0. The molecule has 6 heteroatoms. The maximum absolute atomic E-state index is 12.5. The zero-order chi connectivity index (χ0) is 19.9. The topological polar surface area (TPSA) is 74.3 Å². The standard InChI is InChI=1S/C22H28N4O2/c1-16(2)15-24-21(27)17-10-11-23-20(14-17)22(28)25-18-6-8-19(9-7-18)26-12-4-3-5-13-26/h6-11,14,16H,3-5,12-13,15H2,1-2H3,(H,24,27)(H,25,28). The molecule has 148 valence electrons. The summed E-state index contributed by atoms with van der Waals surface area (Å²) >= 11 is 0. The molecule has 2 amide bonds. The third-order valence-corrected chi connectivity index (χ3v) is 4.77. The van der Waals surface area contributed by atoms with Crippen molar-refractivity contribution in [2.24, 2.45) is 5.92 Å². The van der Waals surface area contributed by atoms with E-state index in [0.29, 0.717) is 23.7 Å². The molecule has 1 aliphatic rings. The summed E-state index contributed by atoms with van der Waals surface area (Å²) < 4.78 is 0. The molecule has 3 rings (SSSR count). The van der Waals surface area contributed by atoms with Crippen LogP contribution in [0.1, 0.15) is 54.0 Å². The van der Waals surface area contributed by atoms with Crippen molar-refractivity contribution in [2.45, 2.75) is 33.1 Å². The lowest BCUT2D eigenvalue weighted by Gasteiger charge is -2.28. The lowest BCUT2D eigenvalue weighted by Crippen LogP contribution is -2.29. The molecular formula is C22H28N4O2. The number of anilines is 2. The van der Waals surface area contributed by atoms with Crippen LogP contribution in [-0.4, -0.2) is 36.4 Å². The molecule has 28 heavy (non-hydrogen) atoms. The Morgan fingerprint density at radius 2 is 1.75 bits per heavy atom. The van der Waals surface area contributed by atoms with Gasteiger partial charge in [0, 0.05) is 42.8 Å². The zero-order valence-electron chi connectivity index (χ0n) is 16.6. The smallest absolute Gasteiger partial charge is 0.274 e. The van der Waals surface area contributed by atoms with Gasteiger partial charge in [0.15, 0.2) is 0 Å². The molecule has 2 heterocycles. The maximum Gasteiger partial charge on any atom is 0.274 e. The number of amides is 2. The van der Waals surface area contributed by atoms with E-state index in [2.05, 4.69) is 20.5 Å². The van der Waals surface area contributed by atoms with Gasteiger partial charge in [0.2, 0.25) is 0 Å². The fraction of sp³-hybridized carbons (Fsp3) is 0.409. The molecule has 0 radical (unpaired) electrons. The van der Waals surface area contributed by atoms with Crippen molar-refractivity contribution in [3.05, 3.63) is 53.9 Å². The number of aromatic nitrogens is 1. The van der Waals surface area contributed by atoms with Crippen molar-refractivity contribution >= 4 is 23.2 Å². The first-order chi connectivity index (χ1) is 13.5. The van der Waals surface area contributed by atoms with Gasteiger partial charge in [-0.25, -0.2) is 0 Å². The Morgan fingerprint density at radius 3 is 2.43 bits per heavy atom. The van der Waals surface area contributed by atoms with Crippen LogP contribution < -0.4 is 15.5 Å². The molecule has 1 aromatic heterocycles. The minimum absolute atomic E-state index is 0.198. The van der Waals surface area contributed by atoms with E-state index >= 15 is 0 Å². The molecule has 1 aromatic carbocycles. The minimum Gasteiger partial charge on any atom is -0.372 e. The molecule has 1 aliphatic heterocycles. The third-order valence-electron chi connectivity index (χ3n) is 4.77. The first kappa shape index (κ1) is 19.9. The van der Waals surface area contributed by atoms with E-state index in [0.717, 1.165) is 13.1 Å². The molecule has 2 aromatic rings. The van der Waals surface area contributed by atoms with Gasteiger partial charge in [0.05, 0.1) is 0 Å². The molecule has 2 N–H and O–H groups in total. The highest BCUT2D eigenvalue weighted by atomic mass is 16.2. The van der Waals surface area contributed by atoms with Crippen LogP contribution in [-0.2, 0) is 0 Å². The van der Waals surface area contributed by atoms with E-state index in [1.807, 2.05) is 38.1 Å². The average Bonchev–Trinajstić information content (AvgIpc) is 2.73. The Balaban J connectivity index is 1.62. The van der Waals surface area contributed by atoms with Crippen LogP contribution in [0.2, 0.25) is 0 Å². The molecule has 1 saturated heterocycles. The third kappa shape index (κ3) is 5.31. The van der Waals surface area contributed by atoms with Crippen LogP contribution in [0.15, 0.2) is 42.6 Å². The molecule has 0 aliphatic carbocycles. The molecule has 0 saturated carbocycles. The van der Waals surface area contributed by atoms with E-state index in [1.54, 1.807) is 6.07 Å². The number of pyridine rings is 1. The van der Waals surface area contributed by atoms with E-state index in [-0.39, 0.29) is 17.5 Å². The van der Waals surface area contributed by atoms with Gasteiger partial charge in [-0.3, -0.25) is 14.6 Å². The second-order valence-electron chi connectivity index (χ2n) is 7.58. The number of carbonyl (C=O) groups excluding carboxylic acids is 2. The summed E-state index contributed by atoms with van der Waals surface area (Å²) in [5, 5.41) is 5.70. The number of hydrogen-bond donors (Lipinski definition) is 2. The van der Waals surface area contributed by atoms with E-state index in [9.17, 15) is 9.59 Å². The largest absolute Gasteiger partial charge is 0.372 e. The first-order valence-electron chi connectivity index (χ1n) is 9.93. The molecule has 0 atom stereocenters. The summed E-state index contributed by atoms with van der Waals surface area (Å²) in [6.45, 7) is 6.82. The van der Waals surface area contributed by atoms with Crippen molar-refractivity contribution in [3.63, 3.8) is 0 Å². The molecule has 0 bridgehead atoms. The minimum atomic E-state index is -0.329. The Labute approximate surface area is 166 Å². The number of piperidine rings is 1. The molecular weight excluding hydrogens is 352 g/mol. The fourth-order valence-electron chi connectivity index (χ4n) is 3.20. The monoisotopic (exact) mass is 380 g/mol. The maximum atomic E-state index is 12.5. The fourth-order valence-corrected chi connectivity index (χ4v) is 3.20. The van der Waals surface area contributed by atoms with Crippen molar-refractivity contribution < 1.29 is 9.59 Å². The summed E-state index contributed by atoms with van der Waals surface area (Å²) in [5.41, 5.74) is 2.54. The first-order valence-corrected chi connectivity index (χ1v) is 9.93. The number of benzene rings is 1. The van der Waals surface area contributed by atoms with Crippen LogP contribution in [0, 0.1) is 5.92 Å². The van der Waals surface area contributed by atoms with Gasteiger partial charge in [0.1, 0.15) is 5.69 Å². The summed E-state index contributed by atoms with van der Waals surface area (Å²) in [5.74, 6) is -0.165. The van der Waals surface area contributed by atoms with Gasteiger partial charge >= 0.3 is 0 Å². The SMILES string of the molecule is CC(C)CNC(=O)c1ccnc(C(=O)Nc2ccc(N3CCCCC3)cc2)c1. The lowest BCUT2D eigenvalue weighted by molar-refractivity contribution is 0.0949. The lowest BCUT2D eigenvalue weighted by atomic mass is 10.1. The van der Waals surface area contributed by atoms with Gasteiger partial charge in [-0.2, -0.15) is 0 Å². The number of rotatable bonds is 6. The summed E-state index contributed by atoms with van der Waals surface area (Å²) in [4.78, 5) is 31.2. The van der Waals surface area contributed by atoms with Gasteiger partial charge in [-0.15, -0.1) is 0 Å². The highest BCUT2D eigenvalue weighted by Gasteiger charge is 2.14. The van der Waals surface area contributed by atoms with Crippen LogP contribution in [0.4, 0.5) is 11.4 Å². The van der Waals surface area contributed by atoms with Crippen LogP contribution in [0.3, 0.4) is 0 Å². The predicted molar refractivity (Wildman–Crippen MR) is 112 cm³/mol. The molecule has 0 unspecified atom stereocenters. The Morgan fingerprint density at radius 1 is 1.04 bits per heavy atom. The summed E-state index contributed by atoms with van der Waals surface area (Å²) in [6.07, 6.45) is 5.24. The second kappa shape index (κ2) is 9.35. The molecule has 6 nitrogen and oxygen atoms in total. The van der Waals surface area contributed by atoms with Crippen LogP contribution >= 0.6 is 0 Å². The normalized spacial score (nSPS) is 14.0. The molecule has 1 fully saturated rings. The van der Waals surface area contributed by atoms with Crippen molar-refractivity contribution in [1.29, 1.82) is 0 Å². The highest BCUT2D eigenvalue weighted by Crippen LogP contribution is 2.22. The average molecular weight is 380 g/mol. The van der Waals surface area contributed by atoms with Gasteiger partial charge in [-0.05, 0) is 61.6 Å². The van der Waals surface area contributed by atoms with Crippen molar-refractivity contribution in [3.8, 4) is 0 Å². The van der Waals surface area contributed by atoms with E-state index < -0.39 is 0 Å². The predicted octanol–water partition coefficient (Wildman–Crippen LogP) is 3.71. The Hall–Kier alpha value is -2.89. The Kier molecular flexibility index (Phi) is 6.63.